The molecule has 0 radical (unpaired) electrons. The van der Waals surface area contributed by atoms with Crippen LogP contribution in [0.2, 0.25) is 0 Å². The van der Waals surface area contributed by atoms with Crippen molar-refractivity contribution in [2.24, 2.45) is 11.3 Å². The number of piperidine rings is 1. The van der Waals surface area contributed by atoms with E-state index in [1.807, 2.05) is 30.0 Å². The van der Waals surface area contributed by atoms with Crippen LogP contribution in [0.4, 0.5) is 0 Å². The Labute approximate surface area is 120 Å². The summed E-state index contributed by atoms with van der Waals surface area (Å²) in [7, 11) is 0. The van der Waals surface area contributed by atoms with Crippen LogP contribution in [0.15, 0.2) is 30.3 Å². The molecule has 2 fully saturated rings. The van der Waals surface area contributed by atoms with Gasteiger partial charge in [0.25, 0.3) is 0 Å². The molecule has 1 amide bonds. The Morgan fingerprint density at radius 3 is 2.75 bits per heavy atom. The highest BCUT2D eigenvalue weighted by Crippen LogP contribution is 2.39. The predicted octanol–water partition coefficient (Wildman–Crippen LogP) is 1.96. The van der Waals surface area contributed by atoms with Gasteiger partial charge in [-0.05, 0) is 12.5 Å². The molecule has 2 heterocycles. The zero-order valence-electron chi connectivity index (χ0n) is 12.3. The summed E-state index contributed by atoms with van der Waals surface area (Å²) < 4.78 is 0. The van der Waals surface area contributed by atoms with Gasteiger partial charge < -0.3 is 4.90 Å². The van der Waals surface area contributed by atoms with Crippen LogP contribution in [-0.4, -0.2) is 29.5 Å². The molecule has 0 unspecified atom stereocenters. The van der Waals surface area contributed by atoms with Crippen LogP contribution in [0.1, 0.15) is 26.3 Å². The first-order valence-corrected chi connectivity index (χ1v) is 7.23. The molecule has 1 aromatic carbocycles. The van der Waals surface area contributed by atoms with Crippen LogP contribution < -0.4 is 5.48 Å². The highest BCUT2D eigenvalue weighted by Gasteiger charge is 2.53. The topological polar surface area (TPSA) is 41.6 Å². The first kappa shape index (κ1) is 13.6. The van der Waals surface area contributed by atoms with Gasteiger partial charge in [0.2, 0.25) is 5.91 Å². The maximum Gasteiger partial charge on any atom is 0.230 e. The molecule has 0 saturated carbocycles. The van der Waals surface area contributed by atoms with E-state index in [2.05, 4.69) is 31.5 Å². The van der Waals surface area contributed by atoms with Crippen LogP contribution in [-0.2, 0) is 16.2 Å². The highest BCUT2D eigenvalue weighted by molar-refractivity contribution is 5.81. The van der Waals surface area contributed by atoms with Gasteiger partial charge in [-0.25, -0.2) is 0 Å². The fourth-order valence-corrected chi connectivity index (χ4v) is 3.40. The predicted molar refractivity (Wildman–Crippen MR) is 76.6 cm³/mol. The Morgan fingerprint density at radius 2 is 2.05 bits per heavy atom. The lowest BCUT2D eigenvalue weighted by molar-refractivity contribution is -0.145. The largest absolute Gasteiger partial charge is 0.337 e. The number of fused-ring (bicyclic) bond motifs is 1. The molecule has 108 valence electrons. The van der Waals surface area contributed by atoms with Gasteiger partial charge in [-0.3, -0.25) is 9.63 Å². The smallest absolute Gasteiger partial charge is 0.230 e. The molecular formula is C16H22N2O2. The first-order chi connectivity index (χ1) is 9.49. The van der Waals surface area contributed by atoms with E-state index in [0.717, 1.165) is 6.54 Å². The molecule has 1 aromatic rings. The molecule has 0 spiro atoms. The maximum atomic E-state index is 12.7. The fourth-order valence-electron chi connectivity index (χ4n) is 3.40. The van der Waals surface area contributed by atoms with E-state index >= 15 is 0 Å². The second kappa shape index (κ2) is 4.86. The number of carbonyl (C=O) groups excluding carboxylic acids is 1. The monoisotopic (exact) mass is 274 g/mol. The minimum Gasteiger partial charge on any atom is -0.337 e. The number of hydrogen-bond donors (Lipinski definition) is 1. The molecule has 20 heavy (non-hydrogen) atoms. The fraction of sp³-hybridized carbons (Fsp3) is 0.562. The maximum absolute atomic E-state index is 12.7. The second-order valence-electron chi connectivity index (χ2n) is 6.61. The Bertz CT molecular complexity index is 500. The van der Waals surface area contributed by atoms with E-state index in [4.69, 9.17) is 4.84 Å². The summed E-state index contributed by atoms with van der Waals surface area (Å²) in [5.41, 5.74) is 4.25. The lowest BCUT2D eigenvalue weighted by atomic mass is 9.72. The number of benzene rings is 1. The van der Waals surface area contributed by atoms with E-state index < -0.39 is 0 Å². The zero-order chi connectivity index (χ0) is 14.3. The van der Waals surface area contributed by atoms with E-state index in [1.54, 1.807) is 0 Å². The number of nitrogens with zero attached hydrogens (tertiary/aromatic N) is 1. The van der Waals surface area contributed by atoms with Gasteiger partial charge in [-0.15, -0.1) is 0 Å². The number of likely N-dealkylation sites (tertiary alicyclic amines) is 1. The molecule has 2 aliphatic heterocycles. The average Bonchev–Trinajstić information content (AvgIpc) is 2.80. The molecule has 3 atom stereocenters. The lowest BCUT2D eigenvalue weighted by Crippen LogP contribution is -2.59. The van der Waals surface area contributed by atoms with Gasteiger partial charge in [-0.2, -0.15) is 5.48 Å². The van der Waals surface area contributed by atoms with Crippen LogP contribution in [0.25, 0.3) is 0 Å². The summed E-state index contributed by atoms with van der Waals surface area (Å²) in [6.45, 7) is 7.80. The summed E-state index contributed by atoms with van der Waals surface area (Å²) in [4.78, 5) is 20.2. The van der Waals surface area contributed by atoms with Crippen molar-refractivity contribution in [3.63, 3.8) is 0 Å². The van der Waals surface area contributed by atoms with Crippen molar-refractivity contribution < 1.29 is 9.63 Å². The molecule has 2 aliphatic rings. The van der Waals surface area contributed by atoms with Crippen molar-refractivity contribution in [3.05, 3.63) is 35.9 Å². The van der Waals surface area contributed by atoms with Gasteiger partial charge in [-0.1, -0.05) is 44.2 Å². The molecule has 4 heteroatoms. The number of nitrogens with one attached hydrogen (secondary N) is 1. The van der Waals surface area contributed by atoms with Gasteiger partial charge >= 0.3 is 0 Å². The Balaban J connectivity index is 1.84. The van der Waals surface area contributed by atoms with Crippen LogP contribution >= 0.6 is 0 Å². The Morgan fingerprint density at radius 1 is 1.35 bits per heavy atom. The van der Waals surface area contributed by atoms with Crippen LogP contribution in [0.5, 0.6) is 0 Å². The minimum absolute atomic E-state index is 0.0120. The average molecular weight is 274 g/mol. The minimum atomic E-state index is -0.0811. The number of rotatable bonds is 2. The molecule has 1 N–H and O–H groups in total. The zero-order valence-corrected chi connectivity index (χ0v) is 12.3. The first-order valence-electron chi connectivity index (χ1n) is 7.23. The quantitative estimate of drug-likeness (QED) is 0.896. The lowest BCUT2D eigenvalue weighted by Gasteiger charge is -2.45. The van der Waals surface area contributed by atoms with Crippen molar-refractivity contribution in [2.45, 2.75) is 39.5 Å². The second-order valence-corrected chi connectivity index (χ2v) is 6.61. The highest BCUT2D eigenvalue weighted by atomic mass is 16.7. The summed E-state index contributed by atoms with van der Waals surface area (Å²) in [6.07, 6.45) is -0.0645. The van der Waals surface area contributed by atoms with Gasteiger partial charge in [0, 0.05) is 18.5 Å². The summed E-state index contributed by atoms with van der Waals surface area (Å²) in [6, 6.07) is 10.3. The molecular weight excluding hydrogens is 252 g/mol. The Kier molecular flexibility index (Phi) is 3.30. The van der Waals surface area contributed by atoms with Crippen molar-refractivity contribution in [1.82, 2.24) is 10.4 Å². The van der Waals surface area contributed by atoms with E-state index in [9.17, 15) is 4.79 Å². The summed E-state index contributed by atoms with van der Waals surface area (Å²) in [5, 5.41) is 0. The van der Waals surface area contributed by atoms with Gasteiger partial charge in [0.1, 0.15) is 0 Å². The third-order valence-corrected chi connectivity index (χ3v) is 4.50. The molecule has 4 nitrogen and oxygen atoms in total. The third kappa shape index (κ3) is 2.23. The number of hydrogen-bond acceptors (Lipinski definition) is 3. The van der Waals surface area contributed by atoms with Crippen LogP contribution in [0, 0.1) is 11.3 Å². The molecule has 3 rings (SSSR count). The van der Waals surface area contributed by atoms with Gasteiger partial charge in [0.15, 0.2) is 0 Å². The van der Waals surface area contributed by atoms with E-state index in [-0.39, 0.29) is 29.4 Å². The van der Waals surface area contributed by atoms with Gasteiger partial charge in [0.05, 0.1) is 18.1 Å². The molecule has 0 bridgehead atoms. The normalized spacial score (nSPS) is 32.2. The third-order valence-electron chi connectivity index (χ3n) is 4.50. The number of hydroxylamine groups is 1. The van der Waals surface area contributed by atoms with E-state index in [1.165, 1.54) is 5.56 Å². The molecule has 2 saturated heterocycles. The number of amides is 1. The SMILES string of the molecule is C[C@@H]1ON[C@@H]2[C@H]1C(=O)N(Cc1ccccc1)CC2(C)C. The van der Waals surface area contributed by atoms with Crippen molar-refractivity contribution in [3.8, 4) is 0 Å². The summed E-state index contributed by atoms with van der Waals surface area (Å²) in [5.74, 6) is 0.123. The molecule has 0 aromatic heterocycles. The van der Waals surface area contributed by atoms with Crippen molar-refractivity contribution >= 4 is 5.91 Å². The van der Waals surface area contributed by atoms with Crippen LogP contribution in [0.3, 0.4) is 0 Å². The van der Waals surface area contributed by atoms with Crippen molar-refractivity contribution in [2.75, 3.05) is 6.54 Å². The van der Waals surface area contributed by atoms with Crippen molar-refractivity contribution in [1.29, 1.82) is 0 Å². The van der Waals surface area contributed by atoms with E-state index in [0.29, 0.717) is 6.54 Å². The number of carbonyl (C=O) groups is 1. The molecule has 0 aliphatic carbocycles. The standard InChI is InChI=1S/C16H22N2O2/c1-11-13-14(17-20-11)16(2,3)10-18(15(13)19)9-12-7-5-4-6-8-12/h4-8,11,13-14,17H,9-10H2,1-3H3/t11-,13-,14+/m0/s1. The summed E-state index contributed by atoms with van der Waals surface area (Å²) >= 11 is 0. The Hall–Kier alpha value is -1.39.